The lowest BCUT2D eigenvalue weighted by Gasteiger charge is -2.24. The molecule has 0 bridgehead atoms. The van der Waals surface area contributed by atoms with Crippen molar-refractivity contribution in [2.75, 3.05) is 13.7 Å². The van der Waals surface area contributed by atoms with Gasteiger partial charge in [-0.15, -0.1) is 0 Å². The van der Waals surface area contributed by atoms with Gasteiger partial charge in [0.1, 0.15) is 11.5 Å². The Morgan fingerprint density at radius 2 is 1.85 bits per heavy atom. The average Bonchev–Trinajstić information content (AvgIpc) is 3.52. The predicted molar refractivity (Wildman–Crippen MR) is 152 cm³/mol. The summed E-state index contributed by atoms with van der Waals surface area (Å²) < 4.78 is 18.1. The van der Waals surface area contributed by atoms with E-state index < -0.39 is 18.0 Å². The maximum absolute atomic E-state index is 13.8. The van der Waals surface area contributed by atoms with Gasteiger partial charge in [-0.25, -0.2) is 14.6 Å². The Hall–Kier alpha value is -4.21. The molecule has 1 unspecified atom stereocenters. The molecule has 0 spiro atoms. The zero-order chi connectivity index (χ0) is 28.6. The van der Waals surface area contributed by atoms with Crippen molar-refractivity contribution in [1.29, 1.82) is 0 Å². The van der Waals surface area contributed by atoms with Gasteiger partial charge in [0, 0.05) is 16.7 Å². The Kier molecular flexibility index (Phi) is 7.60. The normalized spacial score (nSPS) is 15.0. The maximum Gasteiger partial charge on any atom is 0.338 e. The van der Waals surface area contributed by atoms with E-state index in [1.54, 1.807) is 68.5 Å². The number of benzene rings is 2. The molecule has 1 atom stereocenters. The van der Waals surface area contributed by atoms with Crippen LogP contribution in [0.3, 0.4) is 0 Å². The summed E-state index contributed by atoms with van der Waals surface area (Å²) in [6, 6.07) is 15.1. The molecular formula is C30H25ClN2O6S. The third kappa shape index (κ3) is 5.05. The Balaban J connectivity index is 1.58. The molecule has 204 valence electrons. The molecule has 0 saturated carbocycles. The molecule has 0 amide bonds. The minimum Gasteiger partial charge on any atom is -0.465 e. The van der Waals surface area contributed by atoms with Crippen LogP contribution in [0.4, 0.5) is 0 Å². The van der Waals surface area contributed by atoms with Crippen LogP contribution in [0.5, 0.6) is 0 Å². The van der Waals surface area contributed by atoms with E-state index in [0.29, 0.717) is 48.3 Å². The van der Waals surface area contributed by atoms with Crippen LogP contribution in [0.2, 0.25) is 5.02 Å². The number of hydrogen-bond donors (Lipinski definition) is 0. The van der Waals surface area contributed by atoms with Crippen LogP contribution in [0.25, 0.3) is 17.4 Å². The maximum atomic E-state index is 13.8. The summed E-state index contributed by atoms with van der Waals surface area (Å²) in [5, 5.41) is 0.540. The summed E-state index contributed by atoms with van der Waals surface area (Å²) in [5.74, 6) is 0.124. The summed E-state index contributed by atoms with van der Waals surface area (Å²) in [5.41, 5.74) is 3.28. The fraction of sp³-hybridized carbons (Fsp3) is 0.200. The largest absolute Gasteiger partial charge is 0.465 e. The van der Waals surface area contributed by atoms with Gasteiger partial charge in [0.05, 0.1) is 41.1 Å². The molecule has 10 heteroatoms. The first-order chi connectivity index (χ1) is 19.2. The highest BCUT2D eigenvalue weighted by atomic mass is 35.5. The molecule has 8 nitrogen and oxygen atoms in total. The van der Waals surface area contributed by atoms with E-state index in [4.69, 9.17) is 25.5 Å². The molecule has 1 aliphatic rings. The molecule has 0 fully saturated rings. The molecule has 2 aromatic carbocycles. The molecule has 40 heavy (non-hydrogen) atoms. The molecule has 0 saturated heterocycles. The summed E-state index contributed by atoms with van der Waals surface area (Å²) in [7, 11) is 1.34. The topological polar surface area (TPSA) is 100 Å². The number of carbonyl (C=O) groups excluding carboxylic acids is 2. The molecule has 0 N–H and O–H groups in total. The van der Waals surface area contributed by atoms with Gasteiger partial charge in [-0.2, -0.15) is 0 Å². The quantitative estimate of drug-likeness (QED) is 0.306. The minimum absolute atomic E-state index is 0.194. The number of aromatic nitrogens is 1. The smallest absolute Gasteiger partial charge is 0.338 e. The lowest BCUT2D eigenvalue weighted by atomic mass is 9.96. The van der Waals surface area contributed by atoms with Gasteiger partial charge in [-0.05, 0) is 68.3 Å². The molecule has 3 heterocycles. The molecule has 0 radical (unpaired) electrons. The van der Waals surface area contributed by atoms with Crippen molar-refractivity contribution in [3.8, 4) is 11.3 Å². The van der Waals surface area contributed by atoms with E-state index in [1.165, 1.54) is 23.0 Å². The highest BCUT2D eigenvalue weighted by Gasteiger charge is 2.33. The predicted octanol–water partition coefficient (Wildman–Crippen LogP) is 4.81. The van der Waals surface area contributed by atoms with Crippen molar-refractivity contribution in [2.24, 2.45) is 4.99 Å². The standard InChI is InChI=1S/C30H25ClN2O6S/c1-5-38-29(36)25-17(3)32-30-33(26(25)18-6-9-20(31)10-7-18)27(34)24(40-30)15-21-11-13-23(39-21)22-12-8-19(14-16(22)2)28(35)37-4/h6-15,26H,5H2,1-4H3. The van der Waals surface area contributed by atoms with Crippen molar-refractivity contribution in [2.45, 2.75) is 26.8 Å². The first-order valence-corrected chi connectivity index (χ1v) is 13.7. The molecule has 2 aromatic heterocycles. The van der Waals surface area contributed by atoms with Gasteiger partial charge in [0.15, 0.2) is 4.80 Å². The van der Waals surface area contributed by atoms with Crippen LogP contribution < -0.4 is 14.9 Å². The minimum atomic E-state index is -0.724. The van der Waals surface area contributed by atoms with Gasteiger partial charge in [0.25, 0.3) is 5.56 Å². The zero-order valence-corrected chi connectivity index (χ0v) is 23.8. The summed E-state index contributed by atoms with van der Waals surface area (Å²) in [6.07, 6.45) is 1.66. The SMILES string of the molecule is CCOC(=O)C1=C(C)N=c2sc(=Cc3ccc(-c4ccc(C(=O)OC)cc4C)o3)c(=O)n2C1c1ccc(Cl)cc1. The number of methoxy groups -OCH3 is 1. The van der Waals surface area contributed by atoms with Crippen molar-refractivity contribution in [3.05, 3.63) is 113 Å². The Morgan fingerprint density at radius 3 is 2.52 bits per heavy atom. The summed E-state index contributed by atoms with van der Waals surface area (Å²) >= 11 is 7.32. The van der Waals surface area contributed by atoms with Crippen molar-refractivity contribution in [1.82, 2.24) is 4.57 Å². The van der Waals surface area contributed by atoms with Crippen LogP contribution in [0.15, 0.2) is 80.1 Å². The molecule has 5 rings (SSSR count). The Labute approximate surface area is 238 Å². The fourth-order valence-corrected chi connectivity index (χ4v) is 5.79. The number of rotatable bonds is 6. The van der Waals surface area contributed by atoms with Crippen LogP contribution >= 0.6 is 22.9 Å². The van der Waals surface area contributed by atoms with Crippen molar-refractivity contribution < 1.29 is 23.5 Å². The van der Waals surface area contributed by atoms with Crippen LogP contribution in [0, 0.1) is 6.92 Å². The highest BCUT2D eigenvalue weighted by Crippen LogP contribution is 2.31. The van der Waals surface area contributed by atoms with E-state index in [2.05, 4.69) is 4.99 Å². The third-order valence-electron chi connectivity index (χ3n) is 6.52. The van der Waals surface area contributed by atoms with E-state index >= 15 is 0 Å². The second kappa shape index (κ2) is 11.1. The summed E-state index contributed by atoms with van der Waals surface area (Å²) in [4.78, 5) is 43.6. The number of halogens is 1. The number of nitrogens with zero attached hydrogens (tertiary/aromatic N) is 2. The zero-order valence-electron chi connectivity index (χ0n) is 22.2. The van der Waals surface area contributed by atoms with Crippen LogP contribution in [-0.4, -0.2) is 30.2 Å². The summed E-state index contributed by atoms with van der Waals surface area (Å²) in [6.45, 7) is 5.53. The monoisotopic (exact) mass is 576 g/mol. The number of allylic oxidation sites excluding steroid dienone is 1. The Bertz CT molecular complexity index is 1850. The van der Waals surface area contributed by atoms with E-state index in [0.717, 1.165) is 11.1 Å². The van der Waals surface area contributed by atoms with Crippen LogP contribution in [0.1, 0.15) is 47.1 Å². The van der Waals surface area contributed by atoms with Crippen LogP contribution in [-0.2, 0) is 14.3 Å². The number of hydrogen-bond acceptors (Lipinski definition) is 8. The second-order valence-corrected chi connectivity index (χ2v) is 10.5. The van der Waals surface area contributed by atoms with Gasteiger partial charge in [-0.1, -0.05) is 41.1 Å². The molecular weight excluding hydrogens is 552 g/mol. The number of aryl methyl sites for hydroxylation is 1. The first-order valence-electron chi connectivity index (χ1n) is 12.5. The number of thiazole rings is 1. The molecule has 1 aliphatic heterocycles. The molecule has 0 aliphatic carbocycles. The Morgan fingerprint density at radius 1 is 1.10 bits per heavy atom. The van der Waals surface area contributed by atoms with Gasteiger partial charge in [-0.3, -0.25) is 9.36 Å². The third-order valence-corrected chi connectivity index (χ3v) is 7.75. The first kappa shape index (κ1) is 27.4. The number of esters is 2. The van der Waals surface area contributed by atoms with E-state index in [9.17, 15) is 14.4 Å². The highest BCUT2D eigenvalue weighted by molar-refractivity contribution is 7.07. The second-order valence-electron chi connectivity index (χ2n) is 9.08. The number of carbonyl (C=O) groups is 2. The van der Waals surface area contributed by atoms with Gasteiger partial charge >= 0.3 is 11.9 Å². The fourth-order valence-electron chi connectivity index (χ4n) is 4.64. The number of ether oxygens (including phenoxy) is 2. The van der Waals surface area contributed by atoms with Gasteiger partial charge in [0.2, 0.25) is 0 Å². The number of fused-ring (bicyclic) bond motifs is 1. The van der Waals surface area contributed by atoms with Crippen molar-refractivity contribution >= 4 is 41.0 Å². The van der Waals surface area contributed by atoms with Crippen molar-refractivity contribution in [3.63, 3.8) is 0 Å². The lowest BCUT2D eigenvalue weighted by Crippen LogP contribution is -2.39. The lowest BCUT2D eigenvalue weighted by molar-refractivity contribution is -0.139. The number of furan rings is 1. The molecule has 4 aromatic rings. The van der Waals surface area contributed by atoms with Gasteiger partial charge < -0.3 is 13.9 Å². The van der Waals surface area contributed by atoms with E-state index in [-0.39, 0.29) is 12.2 Å². The average molecular weight is 577 g/mol. The van der Waals surface area contributed by atoms with E-state index in [1.807, 2.05) is 13.0 Å².